The van der Waals surface area contributed by atoms with Gasteiger partial charge in [-0.15, -0.1) is 11.8 Å². The number of hydrogen-bond acceptors (Lipinski definition) is 4. The second kappa shape index (κ2) is 6.27. The molecule has 0 spiro atoms. The number of rotatable bonds is 3. The van der Waals surface area contributed by atoms with E-state index in [0.29, 0.717) is 11.8 Å². The van der Waals surface area contributed by atoms with E-state index in [9.17, 15) is 18.0 Å². The van der Waals surface area contributed by atoms with Crippen LogP contribution in [0.25, 0.3) is 22.4 Å². The molecule has 3 rings (SSSR count). The highest BCUT2D eigenvalue weighted by atomic mass is 32.2. The number of halogens is 3. The lowest BCUT2D eigenvalue weighted by atomic mass is 10.2. The molecule has 2 aromatic heterocycles. The highest BCUT2D eigenvalue weighted by Gasteiger charge is 2.31. The fraction of sp³-hybridized carbons (Fsp3) is 0.188. The van der Waals surface area contributed by atoms with Crippen LogP contribution in [0.3, 0.4) is 0 Å². The first-order valence-electron chi connectivity index (χ1n) is 7.09. The summed E-state index contributed by atoms with van der Waals surface area (Å²) in [6.45, 7) is 1.98. The van der Waals surface area contributed by atoms with Crippen molar-refractivity contribution in [3.05, 3.63) is 52.4 Å². The third-order valence-corrected chi connectivity index (χ3v) is 4.27. The highest BCUT2D eigenvalue weighted by molar-refractivity contribution is 7.99. The number of alkyl halides is 3. The average molecular weight is 351 g/mol. The maximum atomic E-state index is 12.8. The fourth-order valence-corrected chi connectivity index (χ4v) is 3.06. The van der Waals surface area contributed by atoms with Crippen LogP contribution in [0.2, 0.25) is 0 Å². The number of benzene rings is 1. The van der Waals surface area contributed by atoms with Crippen LogP contribution < -0.4 is 5.56 Å². The van der Waals surface area contributed by atoms with E-state index in [-0.39, 0.29) is 16.9 Å². The van der Waals surface area contributed by atoms with Crippen molar-refractivity contribution in [2.45, 2.75) is 18.0 Å². The first-order chi connectivity index (χ1) is 11.4. The molecular weight excluding hydrogens is 339 g/mol. The van der Waals surface area contributed by atoms with Gasteiger partial charge >= 0.3 is 6.18 Å². The topological polar surface area (TPSA) is 58.6 Å². The number of thioether (sulfide) groups is 1. The Hall–Kier alpha value is -2.35. The van der Waals surface area contributed by atoms with Gasteiger partial charge in [0.1, 0.15) is 5.82 Å². The van der Waals surface area contributed by atoms with Crippen LogP contribution in [-0.4, -0.2) is 20.7 Å². The Labute approximate surface area is 139 Å². The molecule has 2 heterocycles. The van der Waals surface area contributed by atoms with Gasteiger partial charge in [0.2, 0.25) is 0 Å². The second-order valence-electron chi connectivity index (χ2n) is 4.93. The van der Waals surface area contributed by atoms with E-state index in [1.54, 1.807) is 23.9 Å². The molecule has 0 atom stereocenters. The van der Waals surface area contributed by atoms with Gasteiger partial charge in [-0.2, -0.15) is 13.2 Å². The molecule has 4 nitrogen and oxygen atoms in total. The molecule has 0 aliphatic heterocycles. The number of pyridine rings is 1. The predicted octanol–water partition coefficient (Wildman–Crippen LogP) is 4.12. The molecule has 0 unspecified atom stereocenters. The van der Waals surface area contributed by atoms with E-state index in [1.165, 1.54) is 0 Å². The minimum Gasteiger partial charge on any atom is -0.305 e. The molecule has 0 fully saturated rings. The lowest BCUT2D eigenvalue weighted by Gasteiger charge is -2.09. The Balaban J connectivity index is 2.22. The summed E-state index contributed by atoms with van der Waals surface area (Å²) >= 11 is 1.56. The van der Waals surface area contributed by atoms with Crippen molar-refractivity contribution in [2.75, 3.05) is 5.75 Å². The fourth-order valence-electron chi connectivity index (χ4n) is 2.25. The summed E-state index contributed by atoms with van der Waals surface area (Å²) < 4.78 is 38.5. The molecule has 0 saturated carbocycles. The zero-order valence-electron chi connectivity index (χ0n) is 12.5. The molecule has 0 aliphatic carbocycles. The minimum atomic E-state index is -4.54. The summed E-state index contributed by atoms with van der Waals surface area (Å²) in [5.41, 5.74) is -1.04. The number of fused-ring (bicyclic) bond motifs is 1. The van der Waals surface area contributed by atoms with Crippen molar-refractivity contribution < 1.29 is 13.2 Å². The van der Waals surface area contributed by atoms with E-state index in [4.69, 9.17) is 0 Å². The van der Waals surface area contributed by atoms with Crippen LogP contribution in [0.5, 0.6) is 0 Å². The SMILES string of the molecule is CCSc1ccccc1-c1nc2cc(C(F)(F)F)cnc2c(=O)[nH]1. The van der Waals surface area contributed by atoms with Gasteiger partial charge in [-0.25, -0.2) is 9.97 Å². The molecular formula is C16H12F3N3OS. The summed E-state index contributed by atoms with van der Waals surface area (Å²) in [5, 5.41) is 0. The third kappa shape index (κ3) is 3.14. The molecule has 1 aromatic carbocycles. The molecule has 24 heavy (non-hydrogen) atoms. The summed E-state index contributed by atoms with van der Waals surface area (Å²) in [5.74, 6) is 1.04. The molecule has 1 N–H and O–H groups in total. The quantitative estimate of drug-likeness (QED) is 0.721. The molecule has 0 bridgehead atoms. The first kappa shape index (κ1) is 16.5. The van der Waals surface area contributed by atoms with Gasteiger partial charge < -0.3 is 4.98 Å². The van der Waals surface area contributed by atoms with Gasteiger partial charge in [-0.3, -0.25) is 4.79 Å². The zero-order valence-corrected chi connectivity index (χ0v) is 13.3. The maximum Gasteiger partial charge on any atom is 0.417 e. The number of nitrogens with zero attached hydrogens (tertiary/aromatic N) is 2. The summed E-state index contributed by atoms with van der Waals surface area (Å²) in [6.07, 6.45) is -3.90. The number of hydrogen-bond donors (Lipinski definition) is 1. The van der Waals surface area contributed by atoms with E-state index in [0.717, 1.165) is 16.7 Å². The normalized spacial score (nSPS) is 11.8. The standard InChI is InChI=1S/C16H12F3N3OS/c1-2-24-12-6-4-3-5-10(12)14-21-11-7-9(16(17,18)19)8-20-13(11)15(23)22-14/h3-8H,2H2,1H3,(H,21,22,23). The number of nitrogens with one attached hydrogen (secondary N) is 1. The molecule has 124 valence electrons. The van der Waals surface area contributed by atoms with Crippen LogP contribution in [0.4, 0.5) is 13.2 Å². The first-order valence-corrected chi connectivity index (χ1v) is 8.08. The summed E-state index contributed by atoms with van der Waals surface area (Å²) in [7, 11) is 0. The van der Waals surface area contributed by atoms with E-state index in [1.807, 2.05) is 19.1 Å². The van der Waals surface area contributed by atoms with Crippen molar-refractivity contribution in [1.82, 2.24) is 15.0 Å². The van der Waals surface area contributed by atoms with Crippen LogP contribution in [0.15, 0.2) is 46.2 Å². The van der Waals surface area contributed by atoms with Crippen molar-refractivity contribution >= 4 is 22.8 Å². The summed E-state index contributed by atoms with van der Waals surface area (Å²) in [6, 6.07) is 8.12. The Bertz CT molecular complexity index is 953. The molecule has 0 aliphatic rings. The van der Waals surface area contributed by atoms with Gasteiger partial charge in [0.25, 0.3) is 5.56 Å². The molecule has 3 aromatic rings. The van der Waals surface area contributed by atoms with Crippen LogP contribution in [-0.2, 0) is 6.18 Å². The Morgan fingerprint density at radius 2 is 2.00 bits per heavy atom. The number of aromatic nitrogens is 3. The zero-order chi connectivity index (χ0) is 17.3. The molecule has 0 saturated heterocycles. The second-order valence-corrected chi connectivity index (χ2v) is 6.24. The molecule has 0 amide bonds. The van der Waals surface area contributed by atoms with Crippen LogP contribution in [0, 0.1) is 0 Å². The molecule has 8 heteroatoms. The van der Waals surface area contributed by atoms with E-state index in [2.05, 4.69) is 15.0 Å². The van der Waals surface area contributed by atoms with Gasteiger partial charge in [0.15, 0.2) is 5.52 Å². The van der Waals surface area contributed by atoms with Gasteiger partial charge in [-0.1, -0.05) is 25.1 Å². The summed E-state index contributed by atoms with van der Waals surface area (Å²) in [4.78, 5) is 23.4. The van der Waals surface area contributed by atoms with Crippen molar-refractivity contribution in [3.63, 3.8) is 0 Å². The maximum absolute atomic E-state index is 12.8. The van der Waals surface area contributed by atoms with E-state index < -0.39 is 17.3 Å². The smallest absolute Gasteiger partial charge is 0.305 e. The number of aromatic amines is 1. The van der Waals surface area contributed by atoms with Gasteiger partial charge in [0.05, 0.1) is 11.1 Å². The van der Waals surface area contributed by atoms with Gasteiger partial charge in [0, 0.05) is 16.7 Å². The van der Waals surface area contributed by atoms with Crippen molar-refractivity contribution in [2.24, 2.45) is 0 Å². The average Bonchev–Trinajstić information content (AvgIpc) is 2.54. The number of H-pyrrole nitrogens is 1. The van der Waals surface area contributed by atoms with Crippen LogP contribution >= 0.6 is 11.8 Å². The van der Waals surface area contributed by atoms with Crippen LogP contribution in [0.1, 0.15) is 12.5 Å². The Kier molecular flexibility index (Phi) is 4.31. The third-order valence-electron chi connectivity index (χ3n) is 3.32. The minimum absolute atomic E-state index is 0.0834. The lowest BCUT2D eigenvalue weighted by molar-refractivity contribution is -0.137. The monoisotopic (exact) mass is 351 g/mol. The predicted molar refractivity (Wildman–Crippen MR) is 87.0 cm³/mol. The van der Waals surface area contributed by atoms with Crippen molar-refractivity contribution in [1.29, 1.82) is 0 Å². The van der Waals surface area contributed by atoms with E-state index >= 15 is 0 Å². The highest BCUT2D eigenvalue weighted by Crippen LogP contribution is 2.31. The Morgan fingerprint density at radius 3 is 2.71 bits per heavy atom. The lowest BCUT2D eigenvalue weighted by Crippen LogP contribution is -2.13. The largest absolute Gasteiger partial charge is 0.417 e. The Morgan fingerprint density at radius 1 is 1.25 bits per heavy atom. The van der Waals surface area contributed by atoms with Gasteiger partial charge in [-0.05, 0) is 17.9 Å². The molecule has 0 radical (unpaired) electrons. The van der Waals surface area contributed by atoms with Crippen molar-refractivity contribution in [3.8, 4) is 11.4 Å².